The minimum absolute atomic E-state index is 0.0103. The maximum Gasteiger partial charge on any atom is 0.338 e. The Kier molecular flexibility index (Phi) is 6.01. The number of amides is 2. The van der Waals surface area contributed by atoms with E-state index in [2.05, 4.69) is 5.32 Å². The maximum absolute atomic E-state index is 14.1. The maximum atomic E-state index is 14.1. The summed E-state index contributed by atoms with van der Waals surface area (Å²) < 4.78 is 19.1. The van der Waals surface area contributed by atoms with Gasteiger partial charge in [-0.05, 0) is 42.8 Å². The van der Waals surface area contributed by atoms with Gasteiger partial charge in [-0.2, -0.15) is 0 Å². The summed E-state index contributed by atoms with van der Waals surface area (Å²) in [5.41, 5.74) is 0.754. The van der Waals surface area contributed by atoms with Gasteiger partial charge >= 0.3 is 5.97 Å². The van der Waals surface area contributed by atoms with Crippen LogP contribution in [0.5, 0.6) is 0 Å². The number of carbonyl (C=O) groups excluding carboxylic acids is 4. The number of hydrogen-bond donors (Lipinski definition) is 1. The number of halogens is 1. The number of nitrogens with zero attached hydrogens (tertiary/aromatic N) is 1. The molecule has 29 heavy (non-hydrogen) atoms. The third-order valence-corrected chi connectivity index (χ3v) is 4.39. The van der Waals surface area contributed by atoms with E-state index in [1.165, 1.54) is 31.2 Å². The fourth-order valence-electron chi connectivity index (χ4n) is 3.04. The van der Waals surface area contributed by atoms with E-state index in [1.807, 2.05) is 0 Å². The summed E-state index contributed by atoms with van der Waals surface area (Å²) in [7, 11) is 0. The summed E-state index contributed by atoms with van der Waals surface area (Å²) >= 11 is 0. The number of benzene rings is 2. The minimum atomic E-state index is -0.827. The first-order valence-electron chi connectivity index (χ1n) is 9.03. The lowest BCUT2D eigenvalue weighted by Crippen LogP contribution is -2.24. The second-order valence-electron chi connectivity index (χ2n) is 6.57. The molecule has 1 heterocycles. The molecule has 2 aromatic carbocycles. The van der Waals surface area contributed by atoms with E-state index in [1.54, 1.807) is 17.0 Å². The van der Waals surface area contributed by atoms with Gasteiger partial charge in [-0.1, -0.05) is 6.07 Å². The Morgan fingerprint density at radius 1 is 1.17 bits per heavy atom. The van der Waals surface area contributed by atoms with Crippen LogP contribution in [0.1, 0.15) is 40.5 Å². The van der Waals surface area contributed by atoms with Gasteiger partial charge in [0, 0.05) is 31.3 Å². The zero-order chi connectivity index (χ0) is 21.0. The highest BCUT2D eigenvalue weighted by Crippen LogP contribution is 2.22. The van der Waals surface area contributed by atoms with Crippen molar-refractivity contribution in [2.24, 2.45) is 0 Å². The van der Waals surface area contributed by atoms with Crippen molar-refractivity contribution >= 4 is 34.9 Å². The number of nitrogens with one attached hydrogen (secondary N) is 1. The molecule has 1 fully saturated rings. The number of ketones is 1. The second-order valence-corrected chi connectivity index (χ2v) is 6.57. The van der Waals surface area contributed by atoms with E-state index < -0.39 is 24.2 Å². The van der Waals surface area contributed by atoms with Crippen LogP contribution < -0.4 is 10.2 Å². The van der Waals surface area contributed by atoms with Crippen LogP contribution >= 0.6 is 0 Å². The fraction of sp³-hybridized carbons (Fsp3) is 0.238. The molecule has 0 aromatic heterocycles. The normalized spacial score (nSPS) is 13.3. The van der Waals surface area contributed by atoms with E-state index >= 15 is 0 Å². The first-order valence-corrected chi connectivity index (χ1v) is 9.03. The van der Waals surface area contributed by atoms with Gasteiger partial charge in [0.2, 0.25) is 17.6 Å². The van der Waals surface area contributed by atoms with Crippen LogP contribution in [0, 0.1) is 5.82 Å². The van der Waals surface area contributed by atoms with E-state index in [-0.39, 0.29) is 28.6 Å². The molecule has 8 heteroatoms. The van der Waals surface area contributed by atoms with Crippen molar-refractivity contribution in [3.63, 3.8) is 0 Å². The molecule has 1 N–H and O–H groups in total. The SMILES string of the molecule is CC(=O)Nc1ccc(C(=O)COC(=O)c2cccc(N3CCCC3=O)c2)c(F)c1. The average Bonchev–Trinajstić information content (AvgIpc) is 3.11. The third kappa shape index (κ3) is 4.84. The van der Waals surface area contributed by atoms with Gasteiger partial charge in [-0.25, -0.2) is 9.18 Å². The lowest BCUT2D eigenvalue weighted by atomic mass is 10.1. The number of carbonyl (C=O) groups is 4. The molecule has 1 saturated heterocycles. The fourth-order valence-corrected chi connectivity index (χ4v) is 3.04. The van der Waals surface area contributed by atoms with Crippen LogP contribution in [-0.2, 0) is 14.3 Å². The summed E-state index contributed by atoms with van der Waals surface area (Å²) in [6, 6.07) is 10.0. The molecule has 2 aromatic rings. The topological polar surface area (TPSA) is 92.8 Å². The first kappa shape index (κ1) is 20.2. The van der Waals surface area contributed by atoms with Crippen LogP contribution in [0.2, 0.25) is 0 Å². The standard InChI is InChI=1S/C21H19FN2O5/c1-13(25)23-15-7-8-17(18(22)11-15)19(26)12-29-21(28)14-4-2-5-16(10-14)24-9-3-6-20(24)27/h2,4-5,7-8,10-11H,3,6,9,12H2,1H3,(H,23,25). The van der Waals surface area contributed by atoms with Crippen molar-refractivity contribution in [2.75, 3.05) is 23.4 Å². The summed E-state index contributed by atoms with van der Waals surface area (Å²) in [6.45, 7) is 1.23. The molecule has 1 aliphatic heterocycles. The predicted molar refractivity (Wildman–Crippen MR) is 103 cm³/mol. The number of hydrogen-bond acceptors (Lipinski definition) is 5. The van der Waals surface area contributed by atoms with Crippen molar-refractivity contribution in [3.05, 3.63) is 59.4 Å². The highest BCUT2D eigenvalue weighted by atomic mass is 19.1. The number of Topliss-reactive ketones (excluding diaryl/α,β-unsaturated/α-hetero) is 1. The summed E-state index contributed by atoms with van der Waals surface area (Å²) in [5, 5.41) is 2.41. The van der Waals surface area contributed by atoms with Crippen molar-refractivity contribution in [1.82, 2.24) is 0 Å². The molecule has 1 aliphatic rings. The number of anilines is 2. The average molecular weight is 398 g/mol. The summed E-state index contributed by atoms with van der Waals surface area (Å²) in [4.78, 5) is 48.9. The first-order chi connectivity index (χ1) is 13.8. The molecule has 0 aliphatic carbocycles. The molecule has 0 spiro atoms. The lowest BCUT2D eigenvalue weighted by molar-refractivity contribution is -0.117. The van der Waals surface area contributed by atoms with Gasteiger partial charge in [0.05, 0.1) is 11.1 Å². The van der Waals surface area contributed by atoms with Gasteiger partial charge in [0.25, 0.3) is 0 Å². The Bertz CT molecular complexity index is 989. The highest BCUT2D eigenvalue weighted by molar-refractivity contribution is 6.01. The zero-order valence-corrected chi connectivity index (χ0v) is 15.7. The summed E-state index contributed by atoms with van der Waals surface area (Å²) in [5.74, 6) is -2.66. The lowest BCUT2D eigenvalue weighted by Gasteiger charge is -2.16. The van der Waals surface area contributed by atoms with Crippen LogP contribution in [0.4, 0.5) is 15.8 Å². The highest BCUT2D eigenvalue weighted by Gasteiger charge is 2.23. The molecule has 0 atom stereocenters. The molecule has 0 saturated carbocycles. The van der Waals surface area contributed by atoms with Crippen molar-refractivity contribution in [1.29, 1.82) is 0 Å². The van der Waals surface area contributed by atoms with Gasteiger partial charge in [-0.15, -0.1) is 0 Å². The van der Waals surface area contributed by atoms with Crippen LogP contribution in [-0.4, -0.2) is 36.7 Å². The quantitative estimate of drug-likeness (QED) is 0.597. The second kappa shape index (κ2) is 8.64. The summed E-state index contributed by atoms with van der Waals surface area (Å²) in [6.07, 6.45) is 1.23. The van der Waals surface area contributed by atoms with E-state index in [4.69, 9.17) is 4.74 Å². The molecule has 0 unspecified atom stereocenters. The van der Waals surface area contributed by atoms with E-state index in [0.29, 0.717) is 18.7 Å². The smallest absolute Gasteiger partial charge is 0.338 e. The van der Waals surface area contributed by atoms with Gasteiger partial charge in [0.15, 0.2) is 6.61 Å². The number of esters is 1. The number of ether oxygens (including phenoxy) is 1. The molecule has 0 bridgehead atoms. The van der Waals surface area contributed by atoms with Crippen LogP contribution in [0.15, 0.2) is 42.5 Å². The molecule has 7 nitrogen and oxygen atoms in total. The molecular formula is C21H19FN2O5. The Morgan fingerprint density at radius 3 is 2.62 bits per heavy atom. The van der Waals surface area contributed by atoms with Crippen molar-refractivity contribution in [3.8, 4) is 0 Å². The predicted octanol–water partition coefficient (Wildman–Crippen LogP) is 2.95. The Morgan fingerprint density at radius 2 is 1.97 bits per heavy atom. The molecule has 150 valence electrons. The van der Waals surface area contributed by atoms with Gasteiger partial charge in [0.1, 0.15) is 5.82 Å². The minimum Gasteiger partial charge on any atom is -0.454 e. The molecular weight excluding hydrogens is 379 g/mol. The molecule has 3 rings (SSSR count). The van der Waals surface area contributed by atoms with E-state index in [0.717, 1.165) is 12.5 Å². The largest absolute Gasteiger partial charge is 0.454 e. The van der Waals surface area contributed by atoms with Gasteiger partial charge < -0.3 is 15.0 Å². The van der Waals surface area contributed by atoms with Crippen LogP contribution in [0.25, 0.3) is 0 Å². The van der Waals surface area contributed by atoms with E-state index in [9.17, 15) is 23.6 Å². The van der Waals surface area contributed by atoms with Crippen molar-refractivity contribution in [2.45, 2.75) is 19.8 Å². The molecule has 0 radical (unpaired) electrons. The third-order valence-electron chi connectivity index (χ3n) is 4.39. The van der Waals surface area contributed by atoms with Crippen molar-refractivity contribution < 1.29 is 28.3 Å². The Hall–Kier alpha value is -3.55. The Balaban J connectivity index is 1.64. The number of rotatable bonds is 6. The van der Waals surface area contributed by atoms with Gasteiger partial charge in [-0.3, -0.25) is 14.4 Å². The molecule has 2 amide bonds. The Labute approximate surface area is 166 Å². The zero-order valence-electron chi connectivity index (χ0n) is 15.7. The monoisotopic (exact) mass is 398 g/mol. The van der Waals surface area contributed by atoms with Crippen LogP contribution in [0.3, 0.4) is 0 Å².